The molecule has 0 aromatic heterocycles. The maximum Gasteiger partial charge on any atom is 0.695 e. The molecular weight excluding hydrogens is 245 g/mol. The number of amides is 1. The number of hydrogen-bond donors (Lipinski definition) is 3. The van der Waals surface area contributed by atoms with Crippen molar-refractivity contribution in [1.29, 1.82) is 0 Å². The van der Waals surface area contributed by atoms with E-state index in [4.69, 9.17) is 10.00 Å². The first-order valence-corrected chi connectivity index (χ1v) is 6.04. The summed E-state index contributed by atoms with van der Waals surface area (Å²) in [5, 5.41) is 11.6. The fourth-order valence-electron chi connectivity index (χ4n) is 1.17. The van der Waals surface area contributed by atoms with Crippen molar-refractivity contribution in [3.63, 3.8) is 0 Å². The van der Waals surface area contributed by atoms with E-state index in [1.165, 1.54) is 0 Å². The van der Waals surface area contributed by atoms with Gasteiger partial charge in [-0.05, 0) is 24.1 Å². The summed E-state index contributed by atoms with van der Waals surface area (Å²) in [5.41, 5.74) is 0.970. The van der Waals surface area contributed by atoms with Gasteiger partial charge in [-0.3, -0.25) is 4.79 Å². The van der Waals surface area contributed by atoms with Crippen molar-refractivity contribution in [3.8, 4) is 5.75 Å². The van der Waals surface area contributed by atoms with Crippen molar-refractivity contribution in [3.05, 3.63) is 29.8 Å². The minimum absolute atomic E-state index is 0.193. The lowest BCUT2D eigenvalue weighted by Crippen LogP contribution is -2.28. The molecule has 0 spiro atoms. The largest absolute Gasteiger partial charge is 0.695 e. The molecule has 1 rings (SSSR count). The van der Waals surface area contributed by atoms with E-state index in [9.17, 15) is 9.36 Å². The lowest BCUT2D eigenvalue weighted by atomic mass is 10.1. The Bertz CT molecular complexity index is 392. The van der Waals surface area contributed by atoms with Gasteiger partial charge >= 0.3 is 8.25 Å². The fourth-order valence-corrected chi connectivity index (χ4v) is 1.40. The SMILES string of the molecule is O=C(CO[P+](=O)O)NCCc1ccc(O)cc1. The van der Waals surface area contributed by atoms with Gasteiger partial charge in [0.15, 0.2) is 6.61 Å². The summed E-state index contributed by atoms with van der Waals surface area (Å²) in [6.07, 6.45) is 0.608. The average Bonchev–Trinajstić information content (AvgIpc) is 2.29. The molecule has 92 valence electrons. The van der Waals surface area contributed by atoms with Gasteiger partial charge in [-0.2, -0.15) is 0 Å². The molecule has 6 nitrogen and oxygen atoms in total. The minimum Gasteiger partial charge on any atom is -0.508 e. The first-order valence-electron chi connectivity index (χ1n) is 4.91. The zero-order valence-corrected chi connectivity index (χ0v) is 9.89. The third kappa shape index (κ3) is 5.97. The van der Waals surface area contributed by atoms with Crippen LogP contribution in [0, 0.1) is 0 Å². The number of phenolic OH excluding ortho intramolecular Hbond substituents is 1. The summed E-state index contributed by atoms with van der Waals surface area (Å²) < 4.78 is 14.4. The molecule has 7 heteroatoms. The van der Waals surface area contributed by atoms with Crippen molar-refractivity contribution in [2.75, 3.05) is 13.2 Å². The molecule has 3 N–H and O–H groups in total. The number of nitrogens with one attached hydrogen (secondary N) is 1. The lowest BCUT2D eigenvalue weighted by molar-refractivity contribution is -0.123. The Hall–Kier alpha value is -1.49. The molecule has 0 aliphatic carbocycles. The van der Waals surface area contributed by atoms with Crippen molar-refractivity contribution in [1.82, 2.24) is 5.32 Å². The van der Waals surface area contributed by atoms with Gasteiger partial charge in [0.2, 0.25) is 0 Å². The van der Waals surface area contributed by atoms with E-state index in [1.54, 1.807) is 24.3 Å². The number of hydrogen-bond acceptors (Lipinski definition) is 4. The highest BCUT2D eigenvalue weighted by molar-refractivity contribution is 7.32. The summed E-state index contributed by atoms with van der Waals surface area (Å²) in [6.45, 7) is -0.0313. The van der Waals surface area contributed by atoms with Crippen molar-refractivity contribution in [2.24, 2.45) is 0 Å². The van der Waals surface area contributed by atoms with Crippen molar-refractivity contribution in [2.45, 2.75) is 6.42 Å². The van der Waals surface area contributed by atoms with Crippen LogP contribution in [0.1, 0.15) is 5.56 Å². The summed E-state index contributed by atoms with van der Waals surface area (Å²) in [6, 6.07) is 6.64. The van der Waals surface area contributed by atoms with Gasteiger partial charge in [-0.1, -0.05) is 12.1 Å². The summed E-state index contributed by atoms with van der Waals surface area (Å²) in [5.74, 6) is -0.251. The van der Waals surface area contributed by atoms with Crippen molar-refractivity contribution >= 4 is 14.2 Å². The second-order valence-corrected chi connectivity index (χ2v) is 4.01. The van der Waals surface area contributed by atoms with Crippen LogP contribution < -0.4 is 5.32 Å². The zero-order valence-electron chi connectivity index (χ0n) is 9.00. The number of phenols is 1. The molecule has 0 bridgehead atoms. The van der Waals surface area contributed by atoms with Crippen LogP contribution >= 0.6 is 8.25 Å². The topological polar surface area (TPSA) is 95.9 Å². The highest BCUT2D eigenvalue weighted by Gasteiger charge is 2.14. The standard InChI is InChI=1S/C10H12NO5P/c12-9-3-1-8(2-4-9)5-6-11-10(13)7-16-17(14)15/h1-4H,5-7H2,(H2-,11,12,13,14,15)/p+1. The van der Waals surface area contributed by atoms with E-state index >= 15 is 0 Å². The summed E-state index contributed by atoms with van der Waals surface area (Å²) in [4.78, 5) is 19.4. The van der Waals surface area contributed by atoms with E-state index in [0.29, 0.717) is 13.0 Å². The molecule has 1 aromatic rings. The maximum atomic E-state index is 11.1. The minimum atomic E-state index is -2.73. The Morgan fingerprint density at radius 1 is 1.35 bits per heavy atom. The Balaban J connectivity index is 2.21. The fraction of sp³-hybridized carbons (Fsp3) is 0.300. The van der Waals surface area contributed by atoms with E-state index in [1.807, 2.05) is 0 Å². The van der Waals surface area contributed by atoms with E-state index < -0.39 is 20.8 Å². The molecule has 0 heterocycles. The van der Waals surface area contributed by atoms with Gasteiger partial charge in [0, 0.05) is 11.1 Å². The molecule has 1 aromatic carbocycles. The second kappa shape index (κ2) is 6.96. The highest BCUT2D eigenvalue weighted by atomic mass is 31.1. The first-order chi connectivity index (χ1) is 8.08. The van der Waals surface area contributed by atoms with Crippen molar-refractivity contribution < 1.29 is 23.9 Å². The van der Waals surface area contributed by atoms with Gasteiger partial charge in [-0.25, -0.2) is 0 Å². The van der Waals surface area contributed by atoms with Crippen LogP contribution in [0.15, 0.2) is 24.3 Å². The van der Waals surface area contributed by atoms with Crippen LogP contribution in [0.3, 0.4) is 0 Å². The number of aromatic hydroxyl groups is 1. The Morgan fingerprint density at radius 2 is 2.00 bits per heavy atom. The van der Waals surface area contributed by atoms with Crippen LogP contribution in [0.25, 0.3) is 0 Å². The van der Waals surface area contributed by atoms with E-state index in [-0.39, 0.29) is 5.75 Å². The summed E-state index contributed by atoms with van der Waals surface area (Å²) >= 11 is 0. The van der Waals surface area contributed by atoms with Crippen LogP contribution in [-0.4, -0.2) is 29.1 Å². The van der Waals surface area contributed by atoms with Gasteiger partial charge in [0.25, 0.3) is 5.91 Å². The number of carbonyl (C=O) groups excluding carboxylic acids is 1. The Labute approximate surface area is 99.2 Å². The molecule has 1 atom stereocenters. The monoisotopic (exact) mass is 258 g/mol. The van der Waals surface area contributed by atoms with Crippen LogP contribution in [-0.2, 0) is 20.3 Å². The quantitative estimate of drug-likeness (QED) is 0.653. The molecule has 0 saturated carbocycles. The first kappa shape index (κ1) is 13.6. The molecule has 0 radical (unpaired) electrons. The molecule has 1 amide bonds. The van der Waals surface area contributed by atoms with Crippen LogP contribution in [0.2, 0.25) is 0 Å². The molecule has 0 aliphatic heterocycles. The van der Waals surface area contributed by atoms with E-state index in [2.05, 4.69) is 9.84 Å². The Kier molecular flexibility index (Phi) is 5.56. The number of carbonyl (C=O) groups is 1. The van der Waals surface area contributed by atoms with Gasteiger partial charge in [0.05, 0.1) is 0 Å². The third-order valence-corrected chi connectivity index (χ3v) is 2.33. The third-order valence-electron chi connectivity index (χ3n) is 1.98. The number of rotatable bonds is 6. The normalized spacial score (nSPS) is 11.0. The molecule has 0 aliphatic rings. The lowest BCUT2D eigenvalue weighted by Gasteiger charge is -2.03. The molecular formula is C10H13NO5P+. The van der Waals surface area contributed by atoms with Crippen LogP contribution in [0.4, 0.5) is 0 Å². The second-order valence-electron chi connectivity index (χ2n) is 3.28. The maximum absolute atomic E-state index is 11.1. The van der Waals surface area contributed by atoms with Gasteiger partial charge in [-0.15, -0.1) is 9.42 Å². The number of benzene rings is 1. The average molecular weight is 258 g/mol. The molecule has 1 unspecified atom stereocenters. The molecule has 0 saturated heterocycles. The predicted molar refractivity (Wildman–Crippen MR) is 60.6 cm³/mol. The van der Waals surface area contributed by atoms with Gasteiger partial charge < -0.3 is 10.4 Å². The Morgan fingerprint density at radius 3 is 2.59 bits per heavy atom. The van der Waals surface area contributed by atoms with E-state index in [0.717, 1.165) is 5.56 Å². The predicted octanol–water partition coefficient (Wildman–Crippen LogP) is 0.717. The smallest absolute Gasteiger partial charge is 0.508 e. The molecule has 17 heavy (non-hydrogen) atoms. The highest BCUT2D eigenvalue weighted by Crippen LogP contribution is 2.13. The molecule has 0 fully saturated rings. The summed E-state index contributed by atoms with van der Waals surface area (Å²) in [7, 11) is -2.73. The zero-order chi connectivity index (χ0) is 12.7. The van der Waals surface area contributed by atoms with Crippen LogP contribution in [0.5, 0.6) is 5.75 Å². The van der Waals surface area contributed by atoms with Gasteiger partial charge in [0.1, 0.15) is 5.75 Å².